The summed E-state index contributed by atoms with van der Waals surface area (Å²) in [6.07, 6.45) is 3.20. The molecule has 0 saturated heterocycles. The number of rotatable bonds is 1. The molecule has 6 heteroatoms. The van der Waals surface area contributed by atoms with E-state index >= 15 is 0 Å². The van der Waals surface area contributed by atoms with E-state index in [0.717, 1.165) is 24.2 Å². The quantitative estimate of drug-likeness (QED) is 0.803. The summed E-state index contributed by atoms with van der Waals surface area (Å²) >= 11 is 1.08. The number of carbonyl (C=O) groups excluding carboxylic acids is 1. The molecule has 5 nitrogen and oxygen atoms in total. The zero-order valence-electron chi connectivity index (χ0n) is 8.99. The summed E-state index contributed by atoms with van der Waals surface area (Å²) in [7, 11) is 0. The Kier molecular flexibility index (Phi) is 2.16. The zero-order valence-corrected chi connectivity index (χ0v) is 9.80. The minimum atomic E-state index is -1.01. The lowest BCUT2D eigenvalue weighted by atomic mass is 9.99. The maximum atomic E-state index is 12.0. The number of carbonyl (C=O) groups is 2. The molecule has 2 heterocycles. The molecule has 0 radical (unpaired) electrons. The highest BCUT2D eigenvalue weighted by molar-refractivity contribution is 7.13. The predicted octanol–water partition coefficient (Wildman–Crippen LogP) is 2.09. The van der Waals surface area contributed by atoms with Crippen LogP contribution < -0.4 is 10.1 Å². The summed E-state index contributed by atoms with van der Waals surface area (Å²) in [5.74, 6) is -0.832. The van der Waals surface area contributed by atoms with Crippen LogP contribution in [-0.4, -0.2) is 22.6 Å². The minimum absolute atomic E-state index is 0.141. The predicted molar refractivity (Wildman–Crippen MR) is 61.7 cm³/mol. The minimum Gasteiger partial charge on any atom is -0.477 e. The van der Waals surface area contributed by atoms with Crippen molar-refractivity contribution in [1.82, 2.24) is 0 Å². The molecule has 1 aromatic rings. The van der Waals surface area contributed by atoms with Crippen molar-refractivity contribution in [3.05, 3.63) is 10.3 Å². The molecule has 1 aromatic heterocycles. The molecule has 1 aliphatic carbocycles. The summed E-state index contributed by atoms with van der Waals surface area (Å²) in [5.41, 5.74) is -0.354. The van der Waals surface area contributed by atoms with Gasteiger partial charge in [0.05, 0.1) is 5.69 Å². The number of anilines is 1. The van der Waals surface area contributed by atoms with Gasteiger partial charge in [0.25, 0.3) is 5.91 Å². The van der Waals surface area contributed by atoms with E-state index in [2.05, 4.69) is 5.32 Å². The summed E-state index contributed by atoms with van der Waals surface area (Å²) in [5, 5.41) is 13.4. The van der Waals surface area contributed by atoms with Crippen LogP contribution in [0.1, 0.15) is 35.4 Å². The lowest BCUT2D eigenvalue weighted by Gasteiger charge is -2.33. The standard InChI is InChI=1S/C11H11NO4S/c13-9(14)8-7-6(5-17-8)12-10(15)11(16-7)3-1-2-4-11/h5H,1-4H2,(H,12,15)(H,13,14). The van der Waals surface area contributed by atoms with Crippen LogP contribution in [0.3, 0.4) is 0 Å². The second-order valence-electron chi connectivity index (χ2n) is 4.37. The molecule has 0 atom stereocenters. The molecule has 1 amide bonds. The second kappa shape index (κ2) is 3.46. The van der Waals surface area contributed by atoms with E-state index in [1.165, 1.54) is 0 Å². The summed E-state index contributed by atoms with van der Waals surface area (Å²) in [4.78, 5) is 23.2. The normalized spacial score (nSPS) is 20.8. The molecule has 3 rings (SSSR count). The van der Waals surface area contributed by atoms with Crippen molar-refractivity contribution in [1.29, 1.82) is 0 Å². The Hall–Kier alpha value is -1.56. The first-order chi connectivity index (χ1) is 8.12. The largest absolute Gasteiger partial charge is 0.477 e. The Morgan fingerprint density at radius 1 is 1.47 bits per heavy atom. The third-order valence-corrected chi connectivity index (χ3v) is 4.26. The van der Waals surface area contributed by atoms with E-state index in [-0.39, 0.29) is 10.8 Å². The van der Waals surface area contributed by atoms with Gasteiger partial charge in [-0.2, -0.15) is 0 Å². The zero-order chi connectivity index (χ0) is 12.0. The van der Waals surface area contributed by atoms with Crippen molar-refractivity contribution in [2.75, 3.05) is 5.32 Å². The van der Waals surface area contributed by atoms with Gasteiger partial charge in [0.15, 0.2) is 16.2 Å². The van der Waals surface area contributed by atoms with E-state index in [4.69, 9.17) is 9.84 Å². The van der Waals surface area contributed by atoms with Crippen molar-refractivity contribution in [2.24, 2.45) is 0 Å². The molecule has 2 aliphatic rings. The molecular formula is C11H11NO4S. The Morgan fingerprint density at radius 2 is 2.18 bits per heavy atom. The van der Waals surface area contributed by atoms with E-state index in [9.17, 15) is 9.59 Å². The number of amides is 1. The van der Waals surface area contributed by atoms with Crippen molar-refractivity contribution in [2.45, 2.75) is 31.3 Å². The first-order valence-corrected chi connectivity index (χ1v) is 6.36. The fourth-order valence-corrected chi connectivity index (χ4v) is 3.20. The van der Waals surface area contributed by atoms with E-state index in [1.54, 1.807) is 5.38 Å². The third-order valence-electron chi connectivity index (χ3n) is 3.31. The lowest BCUT2D eigenvalue weighted by Crippen LogP contribution is -2.48. The van der Waals surface area contributed by atoms with E-state index < -0.39 is 11.6 Å². The van der Waals surface area contributed by atoms with Crippen LogP contribution in [-0.2, 0) is 4.79 Å². The first-order valence-electron chi connectivity index (χ1n) is 5.48. The lowest BCUT2D eigenvalue weighted by molar-refractivity contribution is -0.131. The van der Waals surface area contributed by atoms with E-state index in [1.807, 2.05) is 0 Å². The molecule has 17 heavy (non-hydrogen) atoms. The van der Waals surface area contributed by atoms with Gasteiger partial charge in [-0.15, -0.1) is 11.3 Å². The van der Waals surface area contributed by atoms with Crippen LogP contribution in [0, 0.1) is 0 Å². The topological polar surface area (TPSA) is 75.6 Å². The van der Waals surface area contributed by atoms with Crippen molar-refractivity contribution >= 4 is 28.9 Å². The number of aromatic carboxylic acids is 1. The van der Waals surface area contributed by atoms with Crippen LogP contribution >= 0.6 is 11.3 Å². The van der Waals surface area contributed by atoms with Crippen LogP contribution in [0.15, 0.2) is 5.38 Å². The van der Waals surface area contributed by atoms with Gasteiger partial charge in [0.1, 0.15) is 0 Å². The Morgan fingerprint density at radius 3 is 2.82 bits per heavy atom. The number of carboxylic acids is 1. The Balaban J connectivity index is 2.04. The maximum Gasteiger partial charge on any atom is 0.349 e. The molecular weight excluding hydrogens is 242 g/mol. The average Bonchev–Trinajstić information content (AvgIpc) is 2.87. The number of hydrogen-bond donors (Lipinski definition) is 2. The summed E-state index contributed by atoms with van der Waals surface area (Å²) in [6.45, 7) is 0. The highest BCUT2D eigenvalue weighted by Gasteiger charge is 2.48. The highest BCUT2D eigenvalue weighted by atomic mass is 32.1. The fourth-order valence-electron chi connectivity index (χ4n) is 2.44. The fraction of sp³-hybridized carbons (Fsp3) is 0.455. The number of hydrogen-bond acceptors (Lipinski definition) is 4. The van der Waals surface area contributed by atoms with Gasteiger partial charge in [-0.1, -0.05) is 0 Å². The SMILES string of the molecule is O=C(O)c1scc2c1OC1(CCCC1)C(=O)N2. The second-order valence-corrected chi connectivity index (χ2v) is 5.25. The van der Waals surface area contributed by atoms with Gasteiger partial charge in [-0.3, -0.25) is 4.79 Å². The highest BCUT2D eigenvalue weighted by Crippen LogP contribution is 2.46. The number of thiophene rings is 1. The molecule has 2 N–H and O–H groups in total. The Bertz CT molecular complexity index is 502. The monoisotopic (exact) mass is 253 g/mol. The van der Waals surface area contributed by atoms with Gasteiger partial charge in [-0.25, -0.2) is 4.79 Å². The molecule has 1 aliphatic heterocycles. The number of ether oxygens (including phenoxy) is 1. The van der Waals surface area contributed by atoms with E-state index in [0.29, 0.717) is 24.3 Å². The van der Waals surface area contributed by atoms with Gasteiger partial charge >= 0.3 is 5.97 Å². The van der Waals surface area contributed by atoms with Crippen molar-refractivity contribution in [3.63, 3.8) is 0 Å². The third kappa shape index (κ3) is 1.44. The van der Waals surface area contributed by atoms with Crippen LogP contribution in [0.5, 0.6) is 5.75 Å². The number of nitrogens with one attached hydrogen (secondary N) is 1. The van der Waals surface area contributed by atoms with Gasteiger partial charge in [0, 0.05) is 5.38 Å². The van der Waals surface area contributed by atoms with Crippen molar-refractivity contribution in [3.8, 4) is 5.75 Å². The van der Waals surface area contributed by atoms with Crippen LogP contribution in [0.25, 0.3) is 0 Å². The van der Waals surface area contributed by atoms with Crippen molar-refractivity contribution < 1.29 is 19.4 Å². The number of carboxylic acid groups (broad SMARTS) is 1. The molecule has 90 valence electrons. The molecule has 0 aromatic carbocycles. The Labute approximate surface area is 101 Å². The molecule has 0 unspecified atom stereocenters. The van der Waals surface area contributed by atoms with Crippen LogP contribution in [0.2, 0.25) is 0 Å². The van der Waals surface area contributed by atoms with Gasteiger partial charge in [0.2, 0.25) is 0 Å². The molecule has 1 saturated carbocycles. The molecule has 0 bridgehead atoms. The van der Waals surface area contributed by atoms with Gasteiger partial charge < -0.3 is 15.2 Å². The van der Waals surface area contributed by atoms with Gasteiger partial charge in [-0.05, 0) is 25.7 Å². The molecule has 1 fully saturated rings. The first kappa shape index (κ1) is 10.6. The number of fused-ring (bicyclic) bond motifs is 1. The smallest absolute Gasteiger partial charge is 0.349 e. The summed E-state index contributed by atoms with van der Waals surface area (Å²) in [6, 6.07) is 0. The average molecular weight is 253 g/mol. The maximum absolute atomic E-state index is 12.0. The molecule has 1 spiro atoms. The van der Waals surface area contributed by atoms with Crippen LogP contribution in [0.4, 0.5) is 5.69 Å². The summed E-state index contributed by atoms with van der Waals surface area (Å²) < 4.78 is 5.74.